The van der Waals surface area contributed by atoms with E-state index in [1.165, 1.54) is 11.3 Å². The van der Waals surface area contributed by atoms with Crippen LogP contribution in [0.2, 0.25) is 0 Å². The van der Waals surface area contributed by atoms with Crippen LogP contribution in [0.3, 0.4) is 0 Å². The van der Waals surface area contributed by atoms with Gasteiger partial charge in [0.2, 0.25) is 0 Å². The second kappa shape index (κ2) is 6.72. The van der Waals surface area contributed by atoms with Crippen LogP contribution in [0.15, 0.2) is 48.5 Å². The molecule has 122 valence electrons. The van der Waals surface area contributed by atoms with Gasteiger partial charge in [-0.05, 0) is 24.3 Å². The van der Waals surface area contributed by atoms with Gasteiger partial charge in [-0.15, -0.1) is 11.3 Å². The van der Waals surface area contributed by atoms with Crippen molar-refractivity contribution in [3.63, 3.8) is 0 Å². The first-order chi connectivity index (χ1) is 11.7. The molecule has 0 radical (unpaired) electrons. The molecule has 1 aromatic heterocycles. The quantitative estimate of drug-likeness (QED) is 0.753. The van der Waals surface area contributed by atoms with Crippen LogP contribution in [-0.2, 0) is 0 Å². The van der Waals surface area contributed by atoms with Crippen molar-refractivity contribution in [1.29, 1.82) is 0 Å². The third-order valence-electron chi connectivity index (χ3n) is 3.52. The number of benzene rings is 2. The van der Waals surface area contributed by atoms with E-state index in [4.69, 9.17) is 9.47 Å². The summed E-state index contributed by atoms with van der Waals surface area (Å²) in [6.07, 6.45) is 0. The Balaban J connectivity index is 2.21. The molecular formula is C18H15NO4S. The molecule has 1 heterocycles. The third kappa shape index (κ3) is 2.83. The number of carboxylic acids is 1. The number of hydrogen-bond donors (Lipinski definition) is 1. The second-order valence-electron chi connectivity index (χ2n) is 4.90. The van der Waals surface area contributed by atoms with E-state index in [1.807, 2.05) is 42.5 Å². The molecule has 5 nitrogen and oxygen atoms in total. The average molecular weight is 341 g/mol. The molecule has 0 atom stereocenters. The number of hydrogen-bond acceptors (Lipinski definition) is 5. The van der Waals surface area contributed by atoms with Crippen molar-refractivity contribution < 1.29 is 19.4 Å². The highest BCUT2D eigenvalue weighted by Crippen LogP contribution is 2.41. The molecule has 3 aromatic rings. The molecule has 3 rings (SSSR count). The summed E-state index contributed by atoms with van der Waals surface area (Å²) in [4.78, 5) is 16.5. The van der Waals surface area contributed by atoms with Crippen LogP contribution in [-0.4, -0.2) is 30.3 Å². The number of carbonyl (C=O) groups is 1. The SMILES string of the molecule is COc1ccccc1-c1nc(C(=O)O)c(-c2ccccc2OC)s1. The predicted molar refractivity (Wildman–Crippen MR) is 93.0 cm³/mol. The first kappa shape index (κ1) is 16.0. The molecule has 0 spiro atoms. The minimum absolute atomic E-state index is 0.00501. The number of rotatable bonds is 5. The van der Waals surface area contributed by atoms with Crippen LogP contribution in [0.25, 0.3) is 21.0 Å². The smallest absolute Gasteiger partial charge is 0.356 e. The highest BCUT2D eigenvalue weighted by atomic mass is 32.1. The van der Waals surface area contributed by atoms with Crippen LogP contribution < -0.4 is 9.47 Å². The lowest BCUT2D eigenvalue weighted by molar-refractivity contribution is 0.0692. The monoisotopic (exact) mass is 341 g/mol. The van der Waals surface area contributed by atoms with Gasteiger partial charge in [0.25, 0.3) is 0 Å². The van der Waals surface area contributed by atoms with E-state index in [1.54, 1.807) is 20.3 Å². The Hall–Kier alpha value is -2.86. The van der Waals surface area contributed by atoms with Crippen LogP contribution in [0.1, 0.15) is 10.5 Å². The van der Waals surface area contributed by atoms with E-state index in [-0.39, 0.29) is 5.69 Å². The van der Waals surface area contributed by atoms with Gasteiger partial charge in [0, 0.05) is 5.56 Å². The lowest BCUT2D eigenvalue weighted by Gasteiger charge is -2.06. The van der Waals surface area contributed by atoms with E-state index in [2.05, 4.69) is 4.98 Å². The van der Waals surface area contributed by atoms with Crippen molar-refractivity contribution >= 4 is 17.3 Å². The number of thiazole rings is 1. The minimum atomic E-state index is -1.08. The van der Waals surface area contributed by atoms with Crippen molar-refractivity contribution in [2.24, 2.45) is 0 Å². The number of nitrogens with zero attached hydrogens (tertiary/aromatic N) is 1. The fourth-order valence-corrected chi connectivity index (χ4v) is 3.53. The number of aromatic carboxylic acids is 1. The fourth-order valence-electron chi connectivity index (χ4n) is 2.42. The molecule has 6 heteroatoms. The summed E-state index contributed by atoms with van der Waals surface area (Å²) in [5.74, 6) is 0.179. The molecule has 0 bridgehead atoms. The van der Waals surface area contributed by atoms with Gasteiger partial charge in [-0.2, -0.15) is 0 Å². The molecule has 0 amide bonds. The van der Waals surface area contributed by atoms with Crippen molar-refractivity contribution in [3.05, 3.63) is 54.2 Å². The molecule has 0 aliphatic carbocycles. The Morgan fingerprint density at radius 2 is 1.50 bits per heavy atom. The zero-order valence-electron chi connectivity index (χ0n) is 13.1. The molecule has 24 heavy (non-hydrogen) atoms. The zero-order chi connectivity index (χ0) is 17.1. The van der Waals surface area contributed by atoms with Gasteiger partial charge < -0.3 is 14.6 Å². The van der Waals surface area contributed by atoms with Gasteiger partial charge in [-0.3, -0.25) is 0 Å². The maximum absolute atomic E-state index is 11.7. The molecule has 1 N–H and O–H groups in total. The normalized spacial score (nSPS) is 10.4. The lowest BCUT2D eigenvalue weighted by Crippen LogP contribution is -1.99. The van der Waals surface area contributed by atoms with E-state index >= 15 is 0 Å². The summed E-state index contributed by atoms with van der Waals surface area (Å²) in [5, 5.41) is 10.1. The molecule has 0 aliphatic heterocycles. The van der Waals surface area contributed by atoms with Gasteiger partial charge in [0.1, 0.15) is 16.5 Å². The lowest BCUT2D eigenvalue weighted by atomic mass is 10.1. The maximum atomic E-state index is 11.7. The Morgan fingerprint density at radius 3 is 2.08 bits per heavy atom. The van der Waals surface area contributed by atoms with Crippen molar-refractivity contribution in [2.45, 2.75) is 0 Å². The van der Waals surface area contributed by atoms with E-state index in [0.29, 0.717) is 26.9 Å². The average Bonchev–Trinajstić information content (AvgIpc) is 3.07. The van der Waals surface area contributed by atoms with E-state index < -0.39 is 5.97 Å². The summed E-state index contributed by atoms with van der Waals surface area (Å²) in [6.45, 7) is 0. The van der Waals surface area contributed by atoms with Crippen LogP contribution in [0.4, 0.5) is 0 Å². The zero-order valence-corrected chi connectivity index (χ0v) is 14.0. The number of carboxylic acid groups (broad SMARTS) is 1. The molecular weight excluding hydrogens is 326 g/mol. The number of para-hydroxylation sites is 2. The van der Waals surface area contributed by atoms with Gasteiger partial charge >= 0.3 is 5.97 Å². The fraction of sp³-hybridized carbons (Fsp3) is 0.111. The van der Waals surface area contributed by atoms with E-state index in [9.17, 15) is 9.90 Å². The molecule has 0 fully saturated rings. The summed E-state index contributed by atoms with van der Waals surface area (Å²) in [7, 11) is 3.13. The summed E-state index contributed by atoms with van der Waals surface area (Å²) >= 11 is 1.30. The predicted octanol–water partition coefficient (Wildman–Crippen LogP) is 4.19. The van der Waals surface area contributed by atoms with Gasteiger partial charge in [0.05, 0.1) is 24.7 Å². The van der Waals surface area contributed by atoms with Crippen LogP contribution in [0, 0.1) is 0 Å². The number of ether oxygens (including phenoxy) is 2. The highest BCUT2D eigenvalue weighted by Gasteiger charge is 2.22. The Labute approximate surface area is 143 Å². The second-order valence-corrected chi connectivity index (χ2v) is 5.90. The molecule has 2 aromatic carbocycles. The van der Waals surface area contributed by atoms with Gasteiger partial charge in [-0.25, -0.2) is 9.78 Å². The Kier molecular flexibility index (Phi) is 4.48. The number of aromatic nitrogens is 1. The largest absolute Gasteiger partial charge is 0.496 e. The topological polar surface area (TPSA) is 68.7 Å². The summed E-state index contributed by atoms with van der Waals surface area (Å²) in [6, 6.07) is 14.7. The number of methoxy groups -OCH3 is 2. The Bertz CT molecular complexity index is 888. The van der Waals surface area contributed by atoms with Crippen molar-refractivity contribution in [3.8, 4) is 32.5 Å². The van der Waals surface area contributed by atoms with Gasteiger partial charge in [-0.1, -0.05) is 24.3 Å². The summed E-state index contributed by atoms with van der Waals surface area (Å²) < 4.78 is 10.7. The highest BCUT2D eigenvalue weighted by molar-refractivity contribution is 7.18. The molecule has 0 saturated carbocycles. The van der Waals surface area contributed by atoms with Gasteiger partial charge in [0.15, 0.2) is 5.69 Å². The first-order valence-electron chi connectivity index (χ1n) is 7.16. The van der Waals surface area contributed by atoms with Crippen molar-refractivity contribution in [2.75, 3.05) is 14.2 Å². The Morgan fingerprint density at radius 1 is 0.958 bits per heavy atom. The minimum Gasteiger partial charge on any atom is -0.496 e. The van der Waals surface area contributed by atoms with E-state index in [0.717, 1.165) is 5.56 Å². The summed E-state index contributed by atoms with van der Waals surface area (Å²) in [5.41, 5.74) is 1.47. The maximum Gasteiger partial charge on any atom is 0.356 e. The molecule has 0 unspecified atom stereocenters. The molecule has 0 aliphatic rings. The first-order valence-corrected chi connectivity index (χ1v) is 7.98. The van der Waals surface area contributed by atoms with Crippen molar-refractivity contribution in [1.82, 2.24) is 4.98 Å². The third-order valence-corrected chi connectivity index (χ3v) is 4.64. The molecule has 0 saturated heterocycles. The van der Waals surface area contributed by atoms with Crippen LogP contribution in [0.5, 0.6) is 11.5 Å². The van der Waals surface area contributed by atoms with Crippen LogP contribution >= 0.6 is 11.3 Å². The standard InChI is InChI=1S/C18H15NO4S/c1-22-13-9-5-3-7-11(13)16-15(18(20)21)19-17(24-16)12-8-4-6-10-14(12)23-2/h3-10H,1-2H3,(H,20,21).